The number of ether oxygens (including phenoxy) is 1. The fourth-order valence-corrected chi connectivity index (χ4v) is 4.56. The van der Waals surface area contributed by atoms with E-state index in [1.54, 1.807) is 0 Å². The summed E-state index contributed by atoms with van der Waals surface area (Å²) in [7, 11) is 0. The second kappa shape index (κ2) is 8.20. The van der Waals surface area contributed by atoms with Gasteiger partial charge in [0.1, 0.15) is 23.7 Å². The monoisotopic (exact) mass is 439 g/mol. The van der Waals surface area contributed by atoms with Crippen molar-refractivity contribution in [3.05, 3.63) is 93.9 Å². The number of pyridine rings is 1. The number of fused-ring (bicyclic) bond motifs is 3. The van der Waals surface area contributed by atoms with Gasteiger partial charge in [-0.3, -0.25) is 0 Å². The van der Waals surface area contributed by atoms with E-state index in [9.17, 15) is 9.90 Å². The molecule has 6 nitrogen and oxygen atoms in total. The molecule has 0 unspecified atom stereocenters. The van der Waals surface area contributed by atoms with Crippen molar-refractivity contribution in [1.29, 1.82) is 0 Å². The van der Waals surface area contributed by atoms with Crippen LogP contribution in [-0.2, 0) is 24.4 Å². The number of aryl methyl sites for hydroxylation is 3. The third-order valence-corrected chi connectivity index (χ3v) is 6.05. The van der Waals surface area contributed by atoms with Gasteiger partial charge in [-0.2, -0.15) is 0 Å². The van der Waals surface area contributed by atoms with Crippen LogP contribution in [-0.4, -0.2) is 25.6 Å². The number of aliphatic carboxylic acids is 1. The molecule has 0 aliphatic carbocycles. The number of aromatic nitrogens is 3. The van der Waals surface area contributed by atoms with Gasteiger partial charge in [0.2, 0.25) is 0 Å². The Kier molecular flexibility index (Phi) is 5.21. The maximum Gasteiger partial charge on any atom is 0.328 e. The highest BCUT2D eigenvalue weighted by Gasteiger charge is 2.21. The van der Waals surface area contributed by atoms with Gasteiger partial charge in [0.15, 0.2) is 5.65 Å². The molecular weight excluding hydrogens is 414 g/mol. The molecule has 0 bridgehead atoms. The predicted octanol–water partition coefficient (Wildman–Crippen LogP) is 5.07. The maximum atomic E-state index is 11.6. The van der Waals surface area contributed by atoms with Crippen molar-refractivity contribution in [3.63, 3.8) is 0 Å². The van der Waals surface area contributed by atoms with Crippen molar-refractivity contribution in [2.45, 2.75) is 40.3 Å². The number of hydrogen-bond donors (Lipinski definition) is 1. The SMILES string of the molecule is CCc1nc2c(C)cc(C)nc2n1Cc1ccc2c(c1)OCc1ccccc1/C2=C/C(=O)O. The summed E-state index contributed by atoms with van der Waals surface area (Å²) >= 11 is 0. The molecule has 6 heteroatoms. The third kappa shape index (κ3) is 3.78. The van der Waals surface area contributed by atoms with Gasteiger partial charge in [0, 0.05) is 29.3 Å². The molecule has 0 spiro atoms. The Bertz CT molecular complexity index is 1430. The van der Waals surface area contributed by atoms with Crippen LogP contribution < -0.4 is 4.74 Å². The van der Waals surface area contributed by atoms with Crippen molar-refractivity contribution in [3.8, 4) is 5.75 Å². The van der Waals surface area contributed by atoms with Gasteiger partial charge in [-0.05, 0) is 48.2 Å². The summed E-state index contributed by atoms with van der Waals surface area (Å²) in [5.41, 5.74) is 8.25. The fourth-order valence-electron chi connectivity index (χ4n) is 4.56. The number of carboxylic acids is 1. The third-order valence-electron chi connectivity index (χ3n) is 6.05. The fraction of sp³-hybridized carbons (Fsp3) is 0.222. The van der Waals surface area contributed by atoms with Crippen LogP contribution >= 0.6 is 0 Å². The van der Waals surface area contributed by atoms with Crippen LogP contribution in [0, 0.1) is 13.8 Å². The minimum Gasteiger partial charge on any atom is -0.488 e. The van der Waals surface area contributed by atoms with Crippen LogP contribution in [0.2, 0.25) is 0 Å². The van der Waals surface area contributed by atoms with E-state index in [4.69, 9.17) is 14.7 Å². The minimum atomic E-state index is -0.981. The Labute approximate surface area is 192 Å². The highest BCUT2D eigenvalue weighted by Crippen LogP contribution is 2.37. The first-order chi connectivity index (χ1) is 15.9. The van der Waals surface area contributed by atoms with Gasteiger partial charge in [0.05, 0.1) is 6.54 Å². The first-order valence-corrected chi connectivity index (χ1v) is 11.1. The molecule has 1 aliphatic rings. The van der Waals surface area contributed by atoms with E-state index in [2.05, 4.69) is 24.5 Å². The Morgan fingerprint density at radius 2 is 1.94 bits per heavy atom. The number of nitrogens with zero attached hydrogens (tertiary/aromatic N) is 3. The van der Waals surface area contributed by atoms with Gasteiger partial charge in [0.25, 0.3) is 0 Å². The van der Waals surface area contributed by atoms with Crippen molar-refractivity contribution < 1.29 is 14.6 Å². The number of imidazole rings is 1. The number of carboxylic acid groups (broad SMARTS) is 1. The first-order valence-electron chi connectivity index (χ1n) is 11.1. The predicted molar refractivity (Wildman–Crippen MR) is 127 cm³/mol. The van der Waals surface area contributed by atoms with E-state index in [0.717, 1.165) is 56.9 Å². The molecule has 5 rings (SSSR count). The highest BCUT2D eigenvalue weighted by molar-refractivity contribution is 5.97. The topological polar surface area (TPSA) is 77.2 Å². The molecular formula is C27H25N3O3. The zero-order chi connectivity index (χ0) is 23.1. The van der Waals surface area contributed by atoms with E-state index in [-0.39, 0.29) is 0 Å². The van der Waals surface area contributed by atoms with Crippen molar-refractivity contribution in [1.82, 2.24) is 14.5 Å². The molecule has 3 heterocycles. The first kappa shape index (κ1) is 20.9. The Hall–Kier alpha value is -3.93. The maximum absolute atomic E-state index is 11.6. The van der Waals surface area contributed by atoms with E-state index in [0.29, 0.717) is 24.5 Å². The zero-order valence-electron chi connectivity index (χ0n) is 18.9. The van der Waals surface area contributed by atoms with E-state index < -0.39 is 5.97 Å². The van der Waals surface area contributed by atoms with Crippen LogP contribution in [0.25, 0.3) is 16.7 Å². The minimum absolute atomic E-state index is 0.387. The summed E-state index contributed by atoms with van der Waals surface area (Å²) in [6.45, 7) is 7.16. The lowest BCUT2D eigenvalue weighted by molar-refractivity contribution is -0.131. The summed E-state index contributed by atoms with van der Waals surface area (Å²) in [5, 5.41) is 9.50. The molecule has 166 valence electrons. The largest absolute Gasteiger partial charge is 0.488 e. The molecule has 0 atom stereocenters. The van der Waals surface area contributed by atoms with Gasteiger partial charge in [-0.25, -0.2) is 14.8 Å². The number of hydrogen-bond acceptors (Lipinski definition) is 4. The average molecular weight is 440 g/mol. The molecule has 0 radical (unpaired) electrons. The number of benzene rings is 2. The summed E-state index contributed by atoms with van der Waals surface area (Å²) in [6, 6.07) is 15.8. The second-order valence-corrected chi connectivity index (χ2v) is 8.39. The molecule has 4 aromatic rings. The Morgan fingerprint density at radius 3 is 2.73 bits per heavy atom. The lowest BCUT2D eigenvalue weighted by Crippen LogP contribution is -2.06. The molecule has 1 N–H and O–H groups in total. The smallest absolute Gasteiger partial charge is 0.328 e. The summed E-state index contributed by atoms with van der Waals surface area (Å²) in [5.74, 6) is 0.686. The molecule has 0 fully saturated rings. The lowest BCUT2D eigenvalue weighted by atomic mass is 9.93. The highest BCUT2D eigenvalue weighted by atomic mass is 16.5. The molecule has 2 aromatic heterocycles. The summed E-state index contributed by atoms with van der Waals surface area (Å²) < 4.78 is 8.32. The normalized spacial score (nSPS) is 14.0. The van der Waals surface area contributed by atoms with Crippen molar-refractivity contribution >= 4 is 22.7 Å². The van der Waals surface area contributed by atoms with Crippen molar-refractivity contribution in [2.75, 3.05) is 0 Å². The van der Waals surface area contributed by atoms with Crippen LogP contribution in [0.5, 0.6) is 5.75 Å². The molecule has 0 saturated carbocycles. The van der Waals surface area contributed by atoms with Gasteiger partial charge < -0.3 is 14.4 Å². The van der Waals surface area contributed by atoms with Crippen LogP contribution in [0.15, 0.2) is 54.6 Å². The lowest BCUT2D eigenvalue weighted by Gasteiger charge is -2.13. The van der Waals surface area contributed by atoms with Gasteiger partial charge in [-0.15, -0.1) is 0 Å². The second-order valence-electron chi connectivity index (χ2n) is 8.39. The van der Waals surface area contributed by atoms with E-state index in [1.807, 2.05) is 49.4 Å². The Balaban J connectivity index is 1.60. The van der Waals surface area contributed by atoms with Gasteiger partial charge in [-0.1, -0.05) is 43.3 Å². The molecule has 33 heavy (non-hydrogen) atoms. The van der Waals surface area contributed by atoms with E-state index in [1.165, 1.54) is 6.08 Å². The average Bonchev–Trinajstić information content (AvgIpc) is 3.06. The number of rotatable bonds is 4. The van der Waals surface area contributed by atoms with Crippen LogP contribution in [0.4, 0.5) is 0 Å². The Morgan fingerprint density at radius 1 is 1.12 bits per heavy atom. The van der Waals surface area contributed by atoms with E-state index >= 15 is 0 Å². The number of carbonyl (C=O) groups is 1. The van der Waals surface area contributed by atoms with Crippen molar-refractivity contribution in [2.24, 2.45) is 0 Å². The molecule has 1 aliphatic heterocycles. The molecule has 0 amide bonds. The summed E-state index contributed by atoms with van der Waals surface area (Å²) in [6.07, 6.45) is 2.07. The van der Waals surface area contributed by atoms with Gasteiger partial charge >= 0.3 is 5.97 Å². The molecule has 0 saturated heterocycles. The van der Waals surface area contributed by atoms with Crippen LogP contribution in [0.1, 0.15) is 46.3 Å². The summed E-state index contributed by atoms with van der Waals surface area (Å²) in [4.78, 5) is 21.2. The standard InChI is InChI=1S/C27H25N3O3/c1-4-24-29-26-16(2)11-17(3)28-27(26)30(24)14-18-9-10-21-22(13-25(31)32)20-8-6-5-7-19(20)15-33-23(21)12-18/h5-13H,4,14-15H2,1-3H3,(H,31,32)/b22-13-. The quantitative estimate of drug-likeness (QED) is 0.450. The zero-order valence-corrected chi connectivity index (χ0v) is 18.9. The van der Waals surface area contributed by atoms with Crippen LogP contribution in [0.3, 0.4) is 0 Å². The molecule has 2 aromatic carbocycles.